The normalized spacial score (nSPS) is 10.9. The number of benzene rings is 1. The first-order valence-electron chi connectivity index (χ1n) is 5.13. The average Bonchev–Trinajstić information content (AvgIpc) is 2.72. The van der Waals surface area contributed by atoms with Crippen LogP contribution in [0, 0.1) is 0 Å². The molecule has 3 aromatic rings. The van der Waals surface area contributed by atoms with Crippen LogP contribution in [0.25, 0.3) is 22.4 Å². The van der Waals surface area contributed by atoms with Crippen molar-refractivity contribution in [2.24, 2.45) is 0 Å². The van der Waals surface area contributed by atoms with E-state index in [0.717, 1.165) is 16.7 Å². The van der Waals surface area contributed by atoms with Crippen LogP contribution in [0.1, 0.15) is 0 Å². The summed E-state index contributed by atoms with van der Waals surface area (Å²) in [5.41, 5.74) is 7.77. The van der Waals surface area contributed by atoms with Crippen LogP contribution in [-0.2, 0) is 0 Å². The molecule has 0 amide bonds. The average molecular weight is 245 g/mol. The zero-order chi connectivity index (χ0) is 11.8. The second-order valence-corrected chi connectivity index (χ2v) is 4.21. The number of pyridine rings is 1. The smallest absolute Gasteiger partial charge is 0.153 e. The van der Waals surface area contributed by atoms with Crippen LogP contribution in [0.5, 0.6) is 0 Å². The number of aromatic nitrogens is 1. The van der Waals surface area contributed by atoms with E-state index in [0.29, 0.717) is 16.5 Å². The molecule has 2 aromatic heterocycles. The Kier molecular flexibility index (Phi) is 2.27. The highest BCUT2D eigenvalue weighted by atomic mass is 35.5. The van der Waals surface area contributed by atoms with E-state index in [9.17, 15) is 0 Å². The molecule has 0 atom stereocenters. The molecule has 3 nitrogen and oxygen atoms in total. The molecule has 0 saturated carbocycles. The Morgan fingerprint density at radius 2 is 2.00 bits per heavy atom. The quantitative estimate of drug-likeness (QED) is 0.710. The molecule has 0 fully saturated rings. The lowest BCUT2D eigenvalue weighted by Crippen LogP contribution is -1.86. The highest BCUT2D eigenvalue weighted by molar-refractivity contribution is 6.31. The van der Waals surface area contributed by atoms with E-state index in [2.05, 4.69) is 4.98 Å². The summed E-state index contributed by atoms with van der Waals surface area (Å²) in [5.74, 6) is 0.710. The van der Waals surface area contributed by atoms with Gasteiger partial charge in [0.05, 0.1) is 11.9 Å². The minimum absolute atomic E-state index is 0.632. The number of nitrogen functional groups attached to an aromatic ring is 1. The van der Waals surface area contributed by atoms with Gasteiger partial charge in [-0.05, 0) is 36.4 Å². The van der Waals surface area contributed by atoms with Crippen molar-refractivity contribution in [3.63, 3.8) is 0 Å². The van der Waals surface area contributed by atoms with Gasteiger partial charge in [-0.2, -0.15) is 0 Å². The number of hydrogen-bond donors (Lipinski definition) is 1. The topological polar surface area (TPSA) is 52.0 Å². The number of anilines is 1. The Hall–Kier alpha value is -2.00. The predicted molar refractivity (Wildman–Crippen MR) is 68.9 cm³/mol. The van der Waals surface area contributed by atoms with Crippen LogP contribution in [0.3, 0.4) is 0 Å². The van der Waals surface area contributed by atoms with Crippen LogP contribution < -0.4 is 5.73 Å². The standard InChI is InChI=1S/C13H9ClN2O/c14-9-1-4-12-8(5-9)6-13(17-12)11-3-2-10(15)7-16-11/h1-7H,15H2. The van der Waals surface area contributed by atoms with Gasteiger partial charge in [-0.15, -0.1) is 0 Å². The van der Waals surface area contributed by atoms with E-state index >= 15 is 0 Å². The largest absolute Gasteiger partial charge is 0.454 e. The summed E-state index contributed by atoms with van der Waals surface area (Å²) in [4.78, 5) is 4.21. The summed E-state index contributed by atoms with van der Waals surface area (Å²) < 4.78 is 5.69. The minimum atomic E-state index is 0.632. The second-order valence-electron chi connectivity index (χ2n) is 3.77. The molecule has 0 aliphatic carbocycles. The monoisotopic (exact) mass is 244 g/mol. The van der Waals surface area contributed by atoms with Crippen LogP contribution in [-0.4, -0.2) is 4.98 Å². The number of nitrogens with two attached hydrogens (primary N) is 1. The maximum absolute atomic E-state index is 5.92. The minimum Gasteiger partial charge on any atom is -0.454 e. The SMILES string of the molecule is Nc1ccc(-c2cc3cc(Cl)ccc3o2)nc1. The van der Waals surface area contributed by atoms with Gasteiger partial charge in [-0.25, -0.2) is 0 Å². The molecule has 0 spiro atoms. The Bertz CT molecular complexity index is 673. The third-order valence-corrected chi connectivity index (χ3v) is 2.75. The van der Waals surface area contributed by atoms with Crippen molar-refractivity contribution in [3.8, 4) is 11.5 Å². The number of nitrogens with zero attached hydrogens (tertiary/aromatic N) is 1. The highest BCUT2D eigenvalue weighted by Crippen LogP contribution is 2.28. The molecule has 4 heteroatoms. The van der Waals surface area contributed by atoms with Crippen LogP contribution in [0.4, 0.5) is 5.69 Å². The van der Waals surface area contributed by atoms with E-state index in [4.69, 9.17) is 21.8 Å². The van der Waals surface area contributed by atoms with Gasteiger partial charge in [0.15, 0.2) is 5.76 Å². The second kappa shape index (κ2) is 3.79. The predicted octanol–water partition coefficient (Wildman–Crippen LogP) is 3.73. The Labute approximate surface area is 103 Å². The van der Waals surface area contributed by atoms with Crippen molar-refractivity contribution in [1.29, 1.82) is 0 Å². The summed E-state index contributed by atoms with van der Waals surface area (Å²) >= 11 is 5.92. The van der Waals surface area contributed by atoms with E-state index in [1.165, 1.54) is 0 Å². The number of rotatable bonds is 1. The van der Waals surface area contributed by atoms with Crippen molar-refractivity contribution in [3.05, 3.63) is 47.6 Å². The number of hydrogen-bond acceptors (Lipinski definition) is 3. The van der Waals surface area contributed by atoms with Crippen LogP contribution >= 0.6 is 11.6 Å². The molecule has 2 heterocycles. The van der Waals surface area contributed by atoms with Gasteiger partial charge < -0.3 is 10.2 Å². The molecule has 2 N–H and O–H groups in total. The van der Waals surface area contributed by atoms with Gasteiger partial charge in [0.2, 0.25) is 0 Å². The maximum atomic E-state index is 5.92. The third-order valence-electron chi connectivity index (χ3n) is 2.52. The molecule has 0 unspecified atom stereocenters. The molecule has 0 aliphatic heterocycles. The molecule has 0 radical (unpaired) electrons. The third kappa shape index (κ3) is 1.85. The summed E-state index contributed by atoms with van der Waals surface area (Å²) in [7, 11) is 0. The van der Waals surface area contributed by atoms with Crippen molar-refractivity contribution in [2.45, 2.75) is 0 Å². The van der Waals surface area contributed by atoms with Gasteiger partial charge in [-0.1, -0.05) is 11.6 Å². The molecule has 3 rings (SSSR count). The Morgan fingerprint density at radius 1 is 1.12 bits per heavy atom. The van der Waals surface area contributed by atoms with Crippen molar-refractivity contribution in [2.75, 3.05) is 5.73 Å². The number of halogens is 1. The number of fused-ring (bicyclic) bond motifs is 1. The molecule has 0 saturated heterocycles. The van der Waals surface area contributed by atoms with Crippen molar-refractivity contribution >= 4 is 28.3 Å². The first-order valence-corrected chi connectivity index (χ1v) is 5.51. The molecule has 1 aromatic carbocycles. The fourth-order valence-electron chi connectivity index (χ4n) is 1.69. The lowest BCUT2D eigenvalue weighted by molar-refractivity contribution is 0.629. The first-order chi connectivity index (χ1) is 8.22. The van der Waals surface area contributed by atoms with Crippen LogP contribution in [0.2, 0.25) is 5.02 Å². The first kappa shape index (κ1) is 10.2. The molecular weight excluding hydrogens is 236 g/mol. The van der Waals surface area contributed by atoms with Crippen molar-refractivity contribution < 1.29 is 4.42 Å². The van der Waals surface area contributed by atoms with Gasteiger partial charge in [0.1, 0.15) is 11.3 Å². The number of furan rings is 1. The fourth-order valence-corrected chi connectivity index (χ4v) is 1.87. The Balaban J connectivity index is 2.14. The zero-order valence-electron chi connectivity index (χ0n) is 8.85. The maximum Gasteiger partial charge on any atom is 0.153 e. The van der Waals surface area contributed by atoms with Gasteiger partial charge >= 0.3 is 0 Å². The van der Waals surface area contributed by atoms with Crippen molar-refractivity contribution in [1.82, 2.24) is 4.98 Å². The molecule has 17 heavy (non-hydrogen) atoms. The highest BCUT2D eigenvalue weighted by Gasteiger charge is 2.07. The van der Waals surface area contributed by atoms with E-state index < -0.39 is 0 Å². The van der Waals surface area contributed by atoms with E-state index in [1.807, 2.05) is 24.3 Å². The summed E-state index contributed by atoms with van der Waals surface area (Å²) in [6, 6.07) is 11.0. The summed E-state index contributed by atoms with van der Waals surface area (Å²) in [6.07, 6.45) is 1.61. The fraction of sp³-hybridized carbons (Fsp3) is 0. The summed E-state index contributed by atoms with van der Waals surface area (Å²) in [6.45, 7) is 0. The lowest BCUT2D eigenvalue weighted by Gasteiger charge is -1.95. The molecular formula is C13H9ClN2O. The van der Waals surface area contributed by atoms with Gasteiger partial charge in [0.25, 0.3) is 0 Å². The van der Waals surface area contributed by atoms with Gasteiger partial charge in [0, 0.05) is 10.4 Å². The van der Waals surface area contributed by atoms with E-state index in [1.54, 1.807) is 18.3 Å². The zero-order valence-corrected chi connectivity index (χ0v) is 9.61. The Morgan fingerprint density at radius 3 is 2.76 bits per heavy atom. The molecule has 0 aliphatic rings. The lowest BCUT2D eigenvalue weighted by atomic mass is 10.2. The molecule has 0 bridgehead atoms. The summed E-state index contributed by atoms with van der Waals surface area (Å²) in [5, 5.41) is 1.65. The molecule has 84 valence electrons. The van der Waals surface area contributed by atoms with Gasteiger partial charge in [-0.3, -0.25) is 4.98 Å². The van der Waals surface area contributed by atoms with Crippen LogP contribution in [0.15, 0.2) is 47.0 Å². The van der Waals surface area contributed by atoms with E-state index in [-0.39, 0.29) is 0 Å².